The first kappa shape index (κ1) is 139. The number of likely N-dealkylation sites (N-methyl/N-ethyl adjacent to an activating group) is 3. The molecule has 28 heteroatoms. The molecule has 2 unspecified atom stereocenters. The van der Waals surface area contributed by atoms with Crippen LogP contribution in [0.15, 0.2) is 166 Å². The molecule has 0 aliphatic rings. The van der Waals surface area contributed by atoms with E-state index in [9.17, 15) is 4.57 Å². The first-order valence-electron chi connectivity index (χ1n) is 37.5. The summed E-state index contributed by atoms with van der Waals surface area (Å²) in [7, 11) is 17.6. The van der Waals surface area contributed by atoms with E-state index in [0.717, 1.165) is 155 Å². The number of hydrogen-bond donors (Lipinski definition) is 1. The summed E-state index contributed by atoms with van der Waals surface area (Å²) >= 11 is 10.2. The van der Waals surface area contributed by atoms with Crippen LogP contribution in [-0.4, -0.2) is 203 Å². The molecule has 0 heterocycles. The fraction of sp³-hybridized carbons (Fsp3) is 0.643. The quantitative estimate of drug-likeness (QED) is 0.0183. The van der Waals surface area contributed by atoms with Gasteiger partial charge in [-0.3, -0.25) is 11.9 Å². The number of aliphatic hydroxyl groups excluding tert-OH is 1. The molecular formula is C84H158AsN13Nb3O4P3STa3-12. The van der Waals surface area contributed by atoms with E-state index in [0.29, 0.717) is 29.1 Å². The van der Waals surface area contributed by atoms with Gasteiger partial charge in [0.15, 0.2) is 0 Å². The zero-order chi connectivity index (χ0) is 89.1. The van der Waals surface area contributed by atoms with E-state index in [4.69, 9.17) is 9.84 Å². The number of rotatable bonds is 26. The molecule has 6 aromatic rings. The number of ether oxygens (including phenoxy) is 2. The number of aryl methyl sites for hydroxylation is 2. The van der Waals surface area contributed by atoms with Crippen molar-refractivity contribution in [3.05, 3.63) is 216 Å². The molecule has 0 saturated carbocycles. The Bertz CT molecular complexity index is 2440. The fourth-order valence-corrected chi connectivity index (χ4v) is 6.77. The Morgan fingerprint density at radius 3 is 0.938 bits per heavy atom. The molecule has 6 rings (SSSR count). The molecule has 1 N–H and O–H groups in total. The molecular weight excluding hydrogens is 2280 g/mol. The monoisotopic (exact) mass is 2430 g/mol. The number of hydrogen-bond acceptors (Lipinski definition) is 11. The molecule has 112 heavy (non-hydrogen) atoms. The third-order valence-electron chi connectivity index (χ3n) is 10.6. The summed E-state index contributed by atoms with van der Waals surface area (Å²) in [6.45, 7) is 49.8. The van der Waals surface area contributed by atoms with Crippen molar-refractivity contribution in [3.8, 4) is 0 Å². The van der Waals surface area contributed by atoms with Gasteiger partial charge in [0, 0.05) is 13.7 Å². The second-order valence-corrected chi connectivity index (χ2v) is 36.5. The molecule has 0 spiro atoms. The van der Waals surface area contributed by atoms with E-state index in [-0.39, 0.29) is 42.8 Å². The van der Waals surface area contributed by atoms with Crippen LogP contribution in [0.5, 0.6) is 0 Å². The minimum absolute atomic E-state index is 0.0170. The summed E-state index contributed by atoms with van der Waals surface area (Å²) in [6.07, 6.45) is 10.1. The van der Waals surface area contributed by atoms with Crippen LogP contribution >= 0.6 is 38.2 Å². The Kier molecular flexibility index (Phi) is 141. The van der Waals surface area contributed by atoms with Gasteiger partial charge in [-0.1, -0.05) is 51.5 Å². The summed E-state index contributed by atoms with van der Waals surface area (Å²) in [5.41, 5.74) is 13.4. The molecule has 0 aromatic heterocycles. The van der Waals surface area contributed by atoms with Crippen LogP contribution in [0, 0.1) is 0 Å². The summed E-state index contributed by atoms with van der Waals surface area (Å²) in [5, 5.41) is 31.8. The van der Waals surface area contributed by atoms with E-state index in [2.05, 4.69) is 315 Å². The van der Waals surface area contributed by atoms with Crippen LogP contribution in [-0.2, 0) is 178 Å². The average molecular weight is 2440 g/mol. The van der Waals surface area contributed by atoms with Gasteiger partial charge >= 0.3 is 331 Å². The van der Waals surface area contributed by atoms with Crippen molar-refractivity contribution < 1.29 is 144 Å². The van der Waals surface area contributed by atoms with E-state index in [1.165, 1.54) is 121 Å². The van der Waals surface area contributed by atoms with Gasteiger partial charge in [0.25, 0.3) is 0 Å². The molecule has 17 nitrogen and oxygen atoms in total. The van der Waals surface area contributed by atoms with Gasteiger partial charge in [-0.15, -0.1) is 44.0 Å². The van der Waals surface area contributed by atoms with Crippen LogP contribution < -0.4 is 0 Å². The zero-order valence-corrected chi connectivity index (χ0v) is 97.8. The van der Waals surface area contributed by atoms with Crippen molar-refractivity contribution in [2.24, 2.45) is 20.0 Å². The Labute approximate surface area is 781 Å². The maximum Gasteiger partial charge on any atom is 0.325 e. The van der Waals surface area contributed by atoms with E-state index >= 15 is 0 Å². The molecule has 0 bridgehead atoms. The van der Waals surface area contributed by atoms with Gasteiger partial charge in [-0.2, -0.15) is 161 Å². The Balaban J connectivity index is -0.0000000957. The van der Waals surface area contributed by atoms with E-state index in [1.54, 1.807) is 49.5 Å². The predicted molar refractivity (Wildman–Crippen MR) is 488 cm³/mol. The van der Waals surface area contributed by atoms with Crippen molar-refractivity contribution in [1.29, 1.82) is 0 Å². The third-order valence-corrected chi connectivity index (χ3v) is 20.4. The van der Waals surface area contributed by atoms with Gasteiger partial charge in [-0.25, -0.2) is 72.8 Å². The minimum Gasteiger partial charge on any atom is -0.396 e. The van der Waals surface area contributed by atoms with Crippen molar-refractivity contribution in [1.82, 2.24) is 0 Å². The third kappa shape index (κ3) is 162. The van der Waals surface area contributed by atoms with Crippen LogP contribution in [0.2, 0.25) is 11.4 Å². The molecule has 651 valence electrons. The fourth-order valence-electron chi connectivity index (χ4n) is 5.64. The van der Waals surface area contributed by atoms with E-state index in [1.807, 2.05) is 63.5 Å². The maximum atomic E-state index is 10.1. The SMILES string of the molecule is CC(C)(C)[N]=[Nb].CC(C)(C)[N]=[Nb].CC(C)(C)[N]=[Ta].CC(C)(C)[N]=[Ta].CC[N-]CCc1ccc[cH-]1.CC[N-]CCc1ccc[cH-]1.CC[N-]COC.CC[N-]SC.COCC(C)(C)[N]=[Nb].CPC.C[As]C.C[N-]C.C[N-]C.C[N-]CCc1ccc[cH-]1.C[N]=[Ta].O=[PH+]CCc1ccc[cH-]1.OCCc1ccc[cH-]1.PCCc1ccc[cH-]1. The van der Waals surface area contributed by atoms with Gasteiger partial charge in [-0.05, 0) is 51.7 Å². The molecule has 0 amide bonds. The summed E-state index contributed by atoms with van der Waals surface area (Å²) in [4.78, 5) is 0. The molecule has 0 fully saturated rings. The van der Waals surface area contributed by atoms with Crippen LogP contribution in [0.25, 0.3) is 36.6 Å². The molecule has 6 aromatic carbocycles. The summed E-state index contributed by atoms with van der Waals surface area (Å²) < 4.78 is 47.6. The average Bonchev–Trinajstić information content (AvgIpc) is 1.93. The van der Waals surface area contributed by atoms with Crippen LogP contribution in [0.3, 0.4) is 0 Å². The Morgan fingerprint density at radius 1 is 0.518 bits per heavy atom. The van der Waals surface area contributed by atoms with E-state index < -0.39 is 0 Å². The number of aliphatic hydroxyl groups is 1. The standard InChI is InChI=1S/2C9H13N.C8H11N.C7H8OP.C7H9O.C7H10P.C5H11NO.C4H10NO.4C4H9N.C3H8NS.C2H6As.2C2H6N.C2H7P.CH3N.3Nb.3Ta/c2*1-2-10-8-7-9-5-3-4-6-9;1-9-7-6-8-4-2-3-5-8;8-9-6-5-7-3-1-2-4-7;2*8-6-5-7-3-1-2-4-7;1-5(2,6)4-7-3;1-3-5-4-6-2;4*1-4(2,3)5;1-3-4-5-2;4*1-3-2;1-2;;;;;;/h2*3-6H,2,7-8H2,1H3;2-5H,6-7H2,1H3;1-4H,5-6H2;1-4,8H,5-6H2;1-4H,5-6,8H2;4H2,1-3H3;3-4H2,1-2H3;4*1-3H3;3H2,1-2H3;3*1-2H3;3H,1-2H3;1H3;;;;;;/q3*-2;3*-1;;-1;;;;;-1;;2*-1;;;;;;;;/p+1. The first-order valence-corrected chi connectivity index (χ1v) is 53.6. The van der Waals surface area contributed by atoms with Crippen molar-refractivity contribution >= 4 is 54.0 Å². The zero-order valence-electron chi connectivity index (χ0n) is 75.7. The van der Waals surface area contributed by atoms with Crippen molar-refractivity contribution in [2.45, 2.75) is 202 Å². The Morgan fingerprint density at radius 2 is 0.786 bits per heavy atom. The number of methoxy groups -OCH3 is 2. The second kappa shape index (κ2) is 114. The smallest absolute Gasteiger partial charge is 0.325 e. The second-order valence-electron chi connectivity index (χ2n) is 27.3. The summed E-state index contributed by atoms with van der Waals surface area (Å²) in [6, 6.07) is 49.8. The largest absolute Gasteiger partial charge is 0.396 e. The molecule has 1 radical (unpaired) electrons. The molecule has 0 aliphatic heterocycles. The van der Waals surface area contributed by atoms with Gasteiger partial charge in [0.1, 0.15) is 6.16 Å². The van der Waals surface area contributed by atoms with Crippen LogP contribution in [0.4, 0.5) is 0 Å². The van der Waals surface area contributed by atoms with Gasteiger partial charge in [0.05, 0.1) is 0 Å². The summed E-state index contributed by atoms with van der Waals surface area (Å²) in [5.74, 6) is 0. The normalized spacial score (nSPS) is 9.56. The maximum absolute atomic E-state index is 10.1. The van der Waals surface area contributed by atoms with Crippen molar-refractivity contribution in [2.75, 3.05) is 154 Å². The Hall–Kier alpha value is 0.810. The number of nitrogens with zero attached hydrogens (tertiary/aromatic N) is 13. The van der Waals surface area contributed by atoms with Crippen LogP contribution in [0.1, 0.15) is 158 Å². The molecule has 0 saturated heterocycles. The topological polar surface area (TPSA) is 229 Å². The molecule has 0 aliphatic carbocycles. The first-order chi connectivity index (χ1) is 52.9. The van der Waals surface area contributed by atoms with Gasteiger partial charge in [0.2, 0.25) is 0 Å². The molecule has 2 atom stereocenters. The van der Waals surface area contributed by atoms with Gasteiger partial charge < -0.3 is 46.5 Å². The predicted octanol–water partition coefficient (Wildman–Crippen LogP) is 24.5. The minimum atomic E-state index is -0.154. The van der Waals surface area contributed by atoms with Crippen molar-refractivity contribution in [3.63, 3.8) is 0 Å².